The van der Waals surface area contributed by atoms with Gasteiger partial charge in [-0.15, -0.1) is 0 Å². The molecule has 27 nitrogen and oxygen atoms in total. The van der Waals surface area contributed by atoms with Crippen LogP contribution in [-0.2, 0) is 67.2 Å². The summed E-state index contributed by atoms with van der Waals surface area (Å²) in [5.41, 5.74) is 12.4. The Balaban J connectivity index is 1.72. The van der Waals surface area contributed by atoms with Gasteiger partial charge in [0.1, 0.15) is 47.8 Å². The van der Waals surface area contributed by atoms with Crippen molar-refractivity contribution in [3.05, 3.63) is 77.9 Å². The summed E-state index contributed by atoms with van der Waals surface area (Å²) in [6, 6.07) is -0.593. The molecule has 0 aliphatic heterocycles. The zero-order chi connectivity index (χ0) is 52.9. The maximum absolute atomic E-state index is 13.8. The van der Waals surface area contributed by atoms with Crippen LogP contribution in [0.15, 0.2) is 61.1 Å². The highest BCUT2D eigenvalue weighted by atomic mass is 16.4. The molecule has 3 aromatic rings. The molecule has 0 bridgehead atoms. The zero-order valence-electron chi connectivity index (χ0n) is 38.8. The number of aliphatic carboxylic acids is 1. The maximum Gasteiger partial charge on any atom is 0.328 e. The van der Waals surface area contributed by atoms with Gasteiger partial charge in [-0.25, -0.2) is 9.78 Å². The molecule has 0 saturated heterocycles. The average molecular weight is 997 g/mol. The number of carboxylic acid groups (broad SMARTS) is 1. The number of benzene rings is 2. The minimum atomic E-state index is -1.71. The summed E-state index contributed by atoms with van der Waals surface area (Å²) in [5, 5.41) is 67.3. The van der Waals surface area contributed by atoms with Crippen molar-refractivity contribution in [3.63, 3.8) is 0 Å². The lowest BCUT2D eigenvalue weighted by molar-refractivity contribution is -0.145. The van der Waals surface area contributed by atoms with E-state index in [1.165, 1.54) is 74.9 Å². The summed E-state index contributed by atoms with van der Waals surface area (Å²) in [7, 11) is 0. The number of phenols is 2. The average Bonchev–Trinajstić information content (AvgIpc) is 3.84. The van der Waals surface area contributed by atoms with Crippen LogP contribution in [0.25, 0.3) is 0 Å². The summed E-state index contributed by atoms with van der Waals surface area (Å²) in [5.74, 6) is -9.99. The van der Waals surface area contributed by atoms with Crippen LogP contribution in [-0.4, -0.2) is 162 Å². The van der Waals surface area contributed by atoms with Crippen molar-refractivity contribution in [2.75, 3.05) is 13.2 Å². The number of amides is 9. The normalized spacial score (nSPS) is 14.7. The molecule has 9 atom stereocenters. The smallest absolute Gasteiger partial charge is 0.328 e. The lowest BCUT2D eigenvalue weighted by Crippen LogP contribution is -2.59. The molecule has 1 heterocycles. The molecule has 9 amide bonds. The van der Waals surface area contributed by atoms with Crippen molar-refractivity contribution in [2.45, 2.75) is 107 Å². The Morgan fingerprint density at radius 3 is 1.56 bits per heavy atom. The Kier molecular flexibility index (Phi) is 22.3. The van der Waals surface area contributed by atoms with Gasteiger partial charge in [0.25, 0.3) is 0 Å². The number of aromatic nitrogens is 2. The molecule has 0 saturated carbocycles. The fourth-order valence-corrected chi connectivity index (χ4v) is 6.42. The quantitative estimate of drug-likeness (QED) is 0.0323. The van der Waals surface area contributed by atoms with Crippen LogP contribution in [0.3, 0.4) is 0 Å². The van der Waals surface area contributed by atoms with Crippen LogP contribution in [0.1, 0.15) is 50.4 Å². The number of primary amides is 1. The summed E-state index contributed by atoms with van der Waals surface area (Å²) in [4.78, 5) is 136. The van der Waals surface area contributed by atoms with Crippen molar-refractivity contribution < 1.29 is 73.5 Å². The number of carbonyl (C=O) groups is 10. The molecule has 18 N–H and O–H groups in total. The molecule has 0 spiro atoms. The SMILES string of the molecule is C[C@H](NC(=O)[C@H](CO)NC(=O)[C@H](Cc1ccc(O)cc1)NC(=O)CNC(=O)[C@H](C)NC(=O)[C@H](Cc1ccc(O)cc1)NC(=O)[C@H](Cc1cnc[nH]1)NC(=O)[C@@H](N)CCC(N)=O)C(=O)N[C@H](C(=O)O)[C@@H](C)O. The number of nitrogens with zero attached hydrogens (tertiary/aromatic N) is 1. The van der Waals surface area contributed by atoms with Crippen LogP contribution >= 0.6 is 0 Å². The van der Waals surface area contributed by atoms with Gasteiger partial charge in [0.15, 0.2) is 6.04 Å². The first-order chi connectivity index (χ1) is 33.5. The van der Waals surface area contributed by atoms with Crippen LogP contribution < -0.4 is 54.0 Å². The summed E-state index contributed by atoms with van der Waals surface area (Å²) in [6.45, 7) is 1.78. The zero-order valence-corrected chi connectivity index (χ0v) is 38.8. The number of aromatic hydroxyl groups is 2. The number of aromatic amines is 1. The van der Waals surface area contributed by atoms with Gasteiger partial charge in [-0.3, -0.25) is 43.2 Å². The minimum absolute atomic E-state index is 0.0877. The predicted molar refractivity (Wildman–Crippen MR) is 247 cm³/mol. The first kappa shape index (κ1) is 57.1. The van der Waals surface area contributed by atoms with E-state index < -0.39 is 127 Å². The predicted octanol–water partition coefficient (Wildman–Crippen LogP) is -5.55. The van der Waals surface area contributed by atoms with Crippen LogP contribution in [0, 0.1) is 0 Å². The van der Waals surface area contributed by atoms with Gasteiger partial charge >= 0.3 is 5.97 Å². The molecule has 2 aromatic carbocycles. The first-order valence-corrected chi connectivity index (χ1v) is 22.0. The highest BCUT2D eigenvalue weighted by Gasteiger charge is 2.33. The fraction of sp³-hybridized carbons (Fsp3) is 0.432. The van der Waals surface area contributed by atoms with Crippen LogP contribution in [0.5, 0.6) is 11.5 Å². The number of imidazole rings is 1. The van der Waals surface area contributed by atoms with Gasteiger partial charge in [0.2, 0.25) is 53.2 Å². The van der Waals surface area contributed by atoms with Crippen molar-refractivity contribution >= 4 is 59.1 Å². The number of phenolic OH excluding ortho intramolecular Hbond substituents is 2. The highest BCUT2D eigenvalue weighted by molar-refractivity contribution is 5.97. The third kappa shape index (κ3) is 19.4. The Labute approximate surface area is 405 Å². The number of hydrogen-bond acceptors (Lipinski definition) is 16. The van der Waals surface area contributed by atoms with E-state index in [4.69, 9.17) is 11.5 Å². The largest absolute Gasteiger partial charge is 0.508 e. The molecule has 386 valence electrons. The third-order valence-electron chi connectivity index (χ3n) is 10.5. The minimum Gasteiger partial charge on any atom is -0.508 e. The Morgan fingerprint density at radius 1 is 0.620 bits per heavy atom. The molecular formula is C44H60N12O15. The number of H-pyrrole nitrogens is 1. The number of carbonyl (C=O) groups excluding carboxylic acids is 9. The standard InChI is InChI=1S/C44H60N12O15/c1-21(50-40(66)31(15-25-6-10-28(60)11-7-25)54-42(68)32(16-26-17-47-20-49-26)53-39(65)29(45)12-13-34(46)61)37(63)48-18-35(62)52-30(14-24-4-8-27(59)9-5-24)41(67)55-33(19-57)43(69)51-22(2)38(64)56-36(23(3)58)44(70)71/h4-11,17,20-23,29-33,36,57-60H,12-16,18-19,45H2,1-3H3,(H2,46,61)(H,47,49)(H,48,63)(H,50,66)(H,51,69)(H,52,62)(H,53,65)(H,54,68)(H,55,67)(H,56,64)(H,70,71)/t21-,22-,23+,29-,30-,31-,32-,33-,36-/m0/s1. The van der Waals surface area contributed by atoms with E-state index in [2.05, 4.69) is 52.5 Å². The van der Waals surface area contributed by atoms with Crippen molar-refractivity contribution in [3.8, 4) is 11.5 Å². The van der Waals surface area contributed by atoms with Crippen LogP contribution in [0.4, 0.5) is 0 Å². The van der Waals surface area contributed by atoms with Gasteiger partial charge < -0.3 is 84.5 Å². The van der Waals surface area contributed by atoms with Crippen molar-refractivity contribution in [2.24, 2.45) is 11.5 Å². The van der Waals surface area contributed by atoms with E-state index in [1.807, 2.05) is 0 Å². The molecule has 71 heavy (non-hydrogen) atoms. The van der Waals surface area contributed by atoms with E-state index in [0.717, 1.165) is 6.92 Å². The Morgan fingerprint density at radius 2 is 1.08 bits per heavy atom. The molecule has 0 unspecified atom stereocenters. The maximum atomic E-state index is 13.8. The van der Waals surface area contributed by atoms with E-state index in [9.17, 15) is 73.5 Å². The lowest BCUT2D eigenvalue weighted by atomic mass is 10.0. The van der Waals surface area contributed by atoms with Gasteiger partial charge in [0.05, 0.1) is 31.6 Å². The number of aliphatic hydroxyl groups excluding tert-OH is 2. The molecule has 1 aromatic heterocycles. The third-order valence-corrected chi connectivity index (χ3v) is 10.5. The number of aliphatic hydroxyl groups is 2. The monoisotopic (exact) mass is 996 g/mol. The van der Waals surface area contributed by atoms with E-state index in [1.54, 1.807) is 0 Å². The van der Waals surface area contributed by atoms with Gasteiger partial charge in [0, 0.05) is 37.6 Å². The van der Waals surface area contributed by atoms with Crippen molar-refractivity contribution in [1.29, 1.82) is 0 Å². The molecule has 3 rings (SSSR count). The Hall–Kier alpha value is -8.17. The molecule has 0 aliphatic carbocycles. The van der Waals surface area contributed by atoms with Gasteiger partial charge in [-0.2, -0.15) is 0 Å². The number of rotatable bonds is 28. The second-order valence-corrected chi connectivity index (χ2v) is 16.4. The van der Waals surface area contributed by atoms with Gasteiger partial charge in [-0.05, 0) is 62.6 Å². The molecule has 0 aliphatic rings. The van der Waals surface area contributed by atoms with E-state index >= 15 is 0 Å². The second-order valence-electron chi connectivity index (χ2n) is 16.4. The summed E-state index contributed by atoms with van der Waals surface area (Å²) in [6.07, 6.45) is 0.325. The van der Waals surface area contributed by atoms with E-state index in [0.29, 0.717) is 16.8 Å². The van der Waals surface area contributed by atoms with Crippen LogP contribution in [0.2, 0.25) is 0 Å². The summed E-state index contributed by atoms with van der Waals surface area (Å²) < 4.78 is 0. The summed E-state index contributed by atoms with van der Waals surface area (Å²) >= 11 is 0. The topological polar surface area (TPSA) is 449 Å². The molecular weight excluding hydrogens is 937 g/mol. The first-order valence-electron chi connectivity index (χ1n) is 22.0. The van der Waals surface area contributed by atoms with Gasteiger partial charge in [-0.1, -0.05) is 24.3 Å². The molecule has 0 fully saturated rings. The highest BCUT2D eigenvalue weighted by Crippen LogP contribution is 2.14. The molecule has 0 radical (unpaired) electrons. The number of nitrogens with one attached hydrogen (secondary N) is 9. The molecule has 27 heteroatoms. The van der Waals surface area contributed by atoms with E-state index in [-0.39, 0.29) is 43.6 Å². The lowest BCUT2D eigenvalue weighted by Gasteiger charge is -2.25. The fourth-order valence-electron chi connectivity index (χ4n) is 6.42. The second kappa shape index (κ2) is 27.7. The Bertz CT molecular complexity index is 2330. The van der Waals surface area contributed by atoms with Crippen molar-refractivity contribution in [1.82, 2.24) is 52.5 Å². The number of nitrogens with two attached hydrogens (primary N) is 2. The number of hydrogen-bond donors (Lipinski definition) is 16. The number of carboxylic acids is 1.